The van der Waals surface area contributed by atoms with Crippen molar-refractivity contribution in [3.05, 3.63) is 106 Å². The third-order valence-corrected chi connectivity index (χ3v) is 6.17. The molecule has 0 radical (unpaired) electrons. The minimum atomic E-state index is -4.48. The fraction of sp³-hybridized carbons (Fsp3) is 0.0769. The van der Waals surface area contributed by atoms with Gasteiger partial charge in [-0.2, -0.15) is 22.8 Å². The average Bonchev–Trinajstić information content (AvgIpc) is 3.30. The van der Waals surface area contributed by atoms with E-state index in [1.54, 1.807) is 36.4 Å². The second kappa shape index (κ2) is 9.84. The van der Waals surface area contributed by atoms with Crippen molar-refractivity contribution in [3.63, 3.8) is 0 Å². The zero-order valence-corrected chi connectivity index (χ0v) is 20.3. The molecule has 1 amide bonds. The number of nitrogens with zero attached hydrogens (tertiary/aromatic N) is 4. The van der Waals surface area contributed by atoms with Crippen molar-refractivity contribution in [2.75, 3.05) is 0 Å². The Bertz CT molecular complexity index is 1620. The standard InChI is InChI=1S/C26H16Cl2F3N5O/c27-18-10-8-16(9-11-18)20-13-22-33-34-24(36(22)35-23(20)19-6-1-2-7-21(19)28)25(37)32-14-15-4-3-5-17(12-15)26(29,30)31/h1-13H,14H2,(H,32,37). The number of hydrogen-bond acceptors (Lipinski definition) is 4. The Morgan fingerprint density at radius 1 is 0.892 bits per heavy atom. The van der Waals surface area contributed by atoms with Crippen molar-refractivity contribution in [2.45, 2.75) is 12.7 Å². The minimum Gasteiger partial charge on any atom is -0.345 e. The molecule has 5 aromatic rings. The molecular formula is C26H16Cl2F3N5O. The summed E-state index contributed by atoms with van der Waals surface area (Å²) >= 11 is 12.5. The number of amides is 1. The lowest BCUT2D eigenvalue weighted by Gasteiger charge is -2.12. The van der Waals surface area contributed by atoms with E-state index in [0.717, 1.165) is 17.7 Å². The van der Waals surface area contributed by atoms with Gasteiger partial charge in [-0.05, 0) is 47.5 Å². The molecule has 0 spiro atoms. The van der Waals surface area contributed by atoms with Gasteiger partial charge >= 0.3 is 6.18 Å². The van der Waals surface area contributed by atoms with E-state index in [1.807, 2.05) is 18.2 Å². The third-order valence-electron chi connectivity index (χ3n) is 5.59. The summed E-state index contributed by atoms with van der Waals surface area (Å²) in [6.07, 6.45) is -4.48. The molecule has 11 heteroatoms. The molecule has 0 saturated carbocycles. The normalized spacial score (nSPS) is 11.6. The molecular weight excluding hydrogens is 526 g/mol. The molecule has 0 aliphatic heterocycles. The molecule has 0 fully saturated rings. The van der Waals surface area contributed by atoms with Gasteiger partial charge in [0.05, 0.1) is 10.6 Å². The highest BCUT2D eigenvalue weighted by Crippen LogP contribution is 2.35. The quantitative estimate of drug-likeness (QED) is 0.268. The third kappa shape index (κ3) is 5.14. The number of carbonyl (C=O) groups is 1. The summed E-state index contributed by atoms with van der Waals surface area (Å²) in [5, 5.41) is 16.3. The van der Waals surface area contributed by atoms with Gasteiger partial charge in [-0.3, -0.25) is 4.79 Å². The van der Waals surface area contributed by atoms with Crippen molar-refractivity contribution in [2.24, 2.45) is 0 Å². The van der Waals surface area contributed by atoms with Crippen LogP contribution in [0.2, 0.25) is 10.0 Å². The molecule has 186 valence electrons. The first kappa shape index (κ1) is 24.7. The van der Waals surface area contributed by atoms with Gasteiger partial charge in [0.15, 0.2) is 5.65 Å². The molecule has 0 bridgehead atoms. The number of benzene rings is 3. The second-order valence-corrected chi connectivity index (χ2v) is 8.91. The van der Waals surface area contributed by atoms with Crippen LogP contribution in [0.3, 0.4) is 0 Å². The molecule has 2 heterocycles. The van der Waals surface area contributed by atoms with Crippen LogP contribution in [0, 0.1) is 0 Å². The molecule has 2 aromatic heterocycles. The van der Waals surface area contributed by atoms with Crippen molar-refractivity contribution in [1.82, 2.24) is 25.1 Å². The Morgan fingerprint density at radius 2 is 1.65 bits per heavy atom. The van der Waals surface area contributed by atoms with Gasteiger partial charge in [0.1, 0.15) is 5.69 Å². The topological polar surface area (TPSA) is 72.2 Å². The molecule has 1 N–H and O–H groups in total. The monoisotopic (exact) mass is 541 g/mol. The smallest absolute Gasteiger partial charge is 0.345 e. The lowest BCUT2D eigenvalue weighted by atomic mass is 10.00. The predicted molar refractivity (Wildman–Crippen MR) is 134 cm³/mol. The molecule has 0 aliphatic carbocycles. The number of hydrogen-bond donors (Lipinski definition) is 1. The number of halogens is 5. The summed E-state index contributed by atoms with van der Waals surface area (Å²) in [5.74, 6) is -0.778. The molecule has 5 rings (SSSR count). The Morgan fingerprint density at radius 3 is 2.38 bits per heavy atom. The van der Waals surface area contributed by atoms with Crippen LogP contribution < -0.4 is 5.32 Å². The molecule has 0 unspecified atom stereocenters. The van der Waals surface area contributed by atoms with E-state index in [9.17, 15) is 18.0 Å². The van der Waals surface area contributed by atoms with Crippen LogP contribution in [-0.4, -0.2) is 25.7 Å². The van der Waals surface area contributed by atoms with Crippen molar-refractivity contribution in [1.29, 1.82) is 0 Å². The first-order valence-electron chi connectivity index (χ1n) is 10.9. The Kier molecular flexibility index (Phi) is 6.57. The second-order valence-electron chi connectivity index (χ2n) is 8.07. The largest absolute Gasteiger partial charge is 0.416 e. The molecule has 0 atom stereocenters. The van der Waals surface area contributed by atoms with Crippen LogP contribution in [0.25, 0.3) is 28.0 Å². The number of nitrogens with one attached hydrogen (secondary N) is 1. The van der Waals surface area contributed by atoms with Gasteiger partial charge in [0.25, 0.3) is 5.91 Å². The highest BCUT2D eigenvalue weighted by molar-refractivity contribution is 6.33. The molecule has 0 aliphatic rings. The summed E-state index contributed by atoms with van der Waals surface area (Å²) in [7, 11) is 0. The zero-order valence-electron chi connectivity index (χ0n) is 18.8. The van der Waals surface area contributed by atoms with E-state index >= 15 is 0 Å². The van der Waals surface area contributed by atoms with Crippen LogP contribution >= 0.6 is 23.2 Å². The maximum absolute atomic E-state index is 13.0. The molecule has 3 aromatic carbocycles. The number of aromatic nitrogens is 4. The van der Waals surface area contributed by atoms with Gasteiger partial charge in [-0.15, -0.1) is 10.2 Å². The maximum Gasteiger partial charge on any atom is 0.416 e. The van der Waals surface area contributed by atoms with Crippen LogP contribution in [0.4, 0.5) is 13.2 Å². The van der Waals surface area contributed by atoms with E-state index in [1.165, 1.54) is 16.6 Å². The summed E-state index contributed by atoms with van der Waals surface area (Å²) in [6, 6.07) is 20.7. The summed E-state index contributed by atoms with van der Waals surface area (Å²) in [5.41, 5.74) is 2.38. The van der Waals surface area contributed by atoms with Gasteiger partial charge < -0.3 is 5.32 Å². The van der Waals surface area contributed by atoms with Crippen molar-refractivity contribution in [3.8, 4) is 22.4 Å². The SMILES string of the molecule is O=C(NCc1cccc(C(F)(F)F)c1)c1nnc2cc(-c3ccc(Cl)cc3)c(-c3ccccc3Cl)nn12. The van der Waals surface area contributed by atoms with Crippen molar-refractivity contribution < 1.29 is 18.0 Å². The predicted octanol–water partition coefficient (Wildman–Crippen LogP) is 6.71. The highest BCUT2D eigenvalue weighted by atomic mass is 35.5. The van der Waals surface area contributed by atoms with Crippen LogP contribution in [0.15, 0.2) is 78.9 Å². The van der Waals surface area contributed by atoms with E-state index in [2.05, 4.69) is 20.6 Å². The number of rotatable bonds is 5. The van der Waals surface area contributed by atoms with Gasteiger partial charge in [0, 0.05) is 22.7 Å². The first-order valence-corrected chi connectivity index (χ1v) is 11.7. The Labute approximate surface area is 218 Å². The highest BCUT2D eigenvalue weighted by Gasteiger charge is 2.30. The minimum absolute atomic E-state index is 0.127. The van der Waals surface area contributed by atoms with Gasteiger partial charge in [0.2, 0.25) is 5.82 Å². The number of fused-ring (bicyclic) bond motifs is 1. The molecule has 37 heavy (non-hydrogen) atoms. The lowest BCUT2D eigenvalue weighted by Crippen LogP contribution is -2.25. The summed E-state index contributed by atoms with van der Waals surface area (Å²) in [4.78, 5) is 12.9. The van der Waals surface area contributed by atoms with Crippen LogP contribution in [0.1, 0.15) is 21.7 Å². The summed E-state index contributed by atoms with van der Waals surface area (Å²) in [6.45, 7) is -0.141. The van der Waals surface area contributed by atoms with Crippen LogP contribution in [-0.2, 0) is 12.7 Å². The number of carbonyl (C=O) groups excluding carboxylic acids is 1. The maximum atomic E-state index is 13.0. The average molecular weight is 542 g/mol. The van der Waals surface area contributed by atoms with E-state index in [-0.39, 0.29) is 17.9 Å². The number of alkyl halides is 3. The summed E-state index contributed by atoms with van der Waals surface area (Å²) < 4.78 is 40.3. The Balaban J connectivity index is 1.53. The first-order chi connectivity index (χ1) is 17.7. The van der Waals surface area contributed by atoms with Gasteiger partial charge in [-0.25, -0.2) is 0 Å². The van der Waals surface area contributed by atoms with Gasteiger partial charge in [-0.1, -0.05) is 65.7 Å². The lowest BCUT2D eigenvalue weighted by molar-refractivity contribution is -0.137. The van der Waals surface area contributed by atoms with Crippen molar-refractivity contribution >= 4 is 34.8 Å². The van der Waals surface area contributed by atoms with E-state index in [0.29, 0.717) is 32.5 Å². The Hall–Kier alpha value is -3.95. The fourth-order valence-corrected chi connectivity index (χ4v) is 4.15. The van der Waals surface area contributed by atoms with E-state index < -0.39 is 17.6 Å². The molecule has 6 nitrogen and oxygen atoms in total. The zero-order chi connectivity index (χ0) is 26.2. The molecule has 0 saturated heterocycles. The van der Waals surface area contributed by atoms with Crippen LogP contribution in [0.5, 0.6) is 0 Å². The fourth-order valence-electron chi connectivity index (χ4n) is 3.79. The van der Waals surface area contributed by atoms with E-state index in [4.69, 9.17) is 23.2 Å².